The second kappa shape index (κ2) is 6.10. The Morgan fingerprint density at radius 3 is 2.13 bits per heavy atom. The third-order valence-electron chi connectivity index (χ3n) is 3.54. The molecule has 0 aliphatic rings. The van der Waals surface area contributed by atoms with Crippen molar-refractivity contribution in [2.45, 2.75) is 13.1 Å². The number of hydrogen-bond donors (Lipinski definition) is 1. The molecule has 0 saturated carbocycles. The average Bonchev–Trinajstić information content (AvgIpc) is 2.74. The normalized spacial score (nSPS) is 11.0. The molecule has 1 N–H and O–H groups in total. The van der Waals surface area contributed by atoms with Crippen LogP contribution in [0.1, 0.15) is 5.56 Å². The lowest BCUT2D eigenvalue weighted by atomic mass is 10.2. The molecule has 0 spiro atoms. The van der Waals surface area contributed by atoms with E-state index in [0.29, 0.717) is 22.6 Å². The van der Waals surface area contributed by atoms with Crippen LogP contribution in [0.4, 0.5) is 0 Å². The van der Waals surface area contributed by atoms with Gasteiger partial charge in [-0.3, -0.25) is 13.9 Å². The van der Waals surface area contributed by atoms with Gasteiger partial charge in [0, 0.05) is 0 Å². The first kappa shape index (κ1) is 15.6. The van der Waals surface area contributed by atoms with Crippen molar-refractivity contribution in [1.29, 1.82) is 0 Å². The second-order valence-corrected chi connectivity index (χ2v) is 5.90. The fourth-order valence-corrected chi connectivity index (χ4v) is 2.83. The molecule has 118 valence electrons. The van der Waals surface area contributed by atoms with E-state index >= 15 is 0 Å². The van der Waals surface area contributed by atoms with Crippen molar-refractivity contribution in [3.8, 4) is 0 Å². The molecule has 5 nitrogen and oxygen atoms in total. The van der Waals surface area contributed by atoms with Gasteiger partial charge in [-0.2, -0.15) is 0 Å². The number of carboxylic acids is 1. The van der Waals surface area contributed by atoms with Crippen molar-refractivity contribution in [2.24, 2.45) is 0 Å². The second-order valence-electron chi connectivity index (χ2n) is 5.09. The molecular weight excluding hydrogens is 339 g/mol. The van der Waals surface area contributed by atoms with E-state index in [-0.39, 0.29) is 5.02 Å². The third-order valence-corrected chi connectivity index (χ3v) is 4.26. The van der Waals surface area contributed by atoms with E-state index in [9.17, 15) is 9.59 Å². The van der Waals surface area contributed by atoms with Crippen molar-refractivity contribution in [1.82, 2.24) is 9.13 Å². The molecule has 1 aromatic heterocycles. The van der Waals surface area contributed by atoms with Crippen LogP contribution in [0.2, 0.25) is 10.0 Å². The summed E-state index contributed by atoms with van der Waals surface area (Å²) in [5.74, 6) is -1.10. The van der Waals surface area contributed by atoms with Gasteiger partial charge in [0.25, 0.3) is 0 Å². The number of hydrogen-bond acceptors (Lipinski definition) is 2. The number of carbonyl (C=O) groups is 1. The molecule has 0 fully saturated rings. The van der Waals surface area contributed by atoms with Gasteiger partial charge >= 0.3 is 11.7 Å². The molecule has 0 aliphatic carbocycles. The summed E-state index contributed by atoms with van der Waals surface area (Å²) in [5.41, 5.74) is 1.51. The highest BCUT2D eigenvalue weighted by Crippen LogP contribution is 2.27. The number of rotatable bonds is 4. The van der Waals surface area contributed by atoms with Crippen molar-refractivity contribution < 1.29 is 9.90 Å². The summed E-state index contributed by atoms with van der Waals surface area (Å²) in [4.78, 5) is 23.7. The summed E-state index contributed by atoms with van der Waals surface area (Å²) in [6.45, 7) is -0.115. The van der Waals surface area contributed by atoms with Gasteiger partial charge in [0.1, 0.15) is 6.54 Å². The van der Waals surface area contributed by atoms with Crippen LogP contribution < -0.4 is 5.69 Å². The third kappa shape index (κ3) is 2.98. The zero-order valence-corrected chi connectivity index (χ0v) is 13.4. The lowest BCUT2D eigenvalue weighted by Gasteiger charge is -2.04. The Hall–Kier alpha value is -2.24. The van der Waals surface area contributed by atoms with Gasteiger partial charge in [-0.1, -0.05) is 53.5 Å². The van der Waals surface area contributed by atoms with Crippen LogP contribution in [0.25, 0.3) is 11.0 Å². The largest absolute Gasteiger partial charge is 0.480 e. The first-order chi connectivity index (χ1) is 11.0. The smallest absolute Gasteiger partial charge is 0.329 e. The van der Waals surface area contributed by atoms with Crippen molar-refractivity contribution in [3.63, 3.8) is 0 Å². The van der Waals surface area contributed by atoms with Gasteiger partial charge in [-0.15, -0.1) is 0 Å². The van der Waals surface area contributed by atoms with Gasteiger partial charge in [0.05, 0.1) is 27.6 Å². The molecule has 3 rings (SSSR count). The Labute approximate surface area is 141 Å². The highest BCUT2D eigenvalue weighted by molar-refractivity contribution is 6.42. The van der Waals surface area contributed by atoms with E-state index in [1.807, 2.05) is 30.3 Å². The van der Waals surface area contributed by atoms with E-state index in [1.165, 1.54) is 15.2 Å². The fourth-order valence-electron chi connectivity index (χ4n) is 2.52. The molecule has 0 atom stereocenters. The lowest BCUT2D eigenvalue weighted by molar-refractivity contribution is -0.137. The Balaban J connectivity index is 2.24. The quantitative estimate of drug-likeness (QED) is 0.785. The van der Waals surface area contributed by atoms with Crippen molar-refractivity contribution in [3.05, 3.63) is 68.6 Å². The SMILES string of the molecule is O=C(O)Cn1c(=O)n(Cc2ccccc2)c2cc(Cl)c(Cl)cc21. The van der Waals surface area contributed by atoms with E-state index in [4.69, 9.17) is 28.3 Å². The van der Waals surface area contributed by atoms with Crippen LogP contribution in [0, 0.1) is 0 Å². The highest BCUT2D eigenvalue weighted by Gasteiger charge is 2.17. The number of benzene rings is 2. The molecule has 23 heavy (non-hydrogen) atoms. The number of fused-ring (bicyclic) bond motifs is 1. The minimum absolute atomic E-state index is 0.273. The fraction of sp³-hybridized carbons (Fsp3) is 0.125. The predicted molar refractivity (Wildman–Crippen MR) is 89.4 cm³/mol. The lowest BCUT2D eigenvalue weighted by Crippen LogP contribution is -2.27. The Bertz CT molecular complexity index is 945. The Kier molecular flexibility index (Phi) is 4.15. The van der Waals surface area contributed by atoms with Gasteiger partial charge in [-0.25, -0.2) is 4.79 Å². The maximum absolute atomic E-state index is 12.6. The molecular formula is C16H12Cl2N2O3. The average molecular weight is 351 g/mol. The summed E-state index contributed by atoms with van der Waals surface area (Å²) in [7, 11) is 0. The van der Waals surface area contributed by atoms with Crippen molar-refractivity contribution >= 4 is 40.2 Å². The van der Waals surface area contributed by atoms with E-state index in [2.05, 4.69) is 0 Å². The first-order valence-electron chi connectivity index (χ1n) is 6.81. The molecule has 0 saturated heterocycles. The van der Waals surface area contributed by atoms with Gasteiger partial charge < -0.3 is 5.11 Å². The highest BCUT2D eigenvalue weighted by atomic mass is 35.5. The monoisotopic (exact) mass is 350 g/mol. The minimum Gasteiger partial charge on any atom is -0.480 e. The number of nitrogens with zero attached hydrogens (tertiary/aromatic N) is 2. The summed E-state index contributed by atoms with van der Waals surface area (Å²) >= 11 is 12.1. The van der Waals surface area contributed by atoms with Crippen LogP contribution in [0.5, 0.6) is 0 Å². The molecule has 0 aliphatic heterocycles. The maximum atomic E-state index is 12.6. The van der Waals surface area contributed by atoms with E-state index < -0.39 is 18.2 Å². The molecule has 2 aromatic carbocycles. The van der Waals surface area contributed by atoms with Crippen molar-refractivity contribution in [2.75, 3.05) is 0 Å². The molecule has 7 heteroatoms. The number of imidazole rings is 1. The first-order valence-corrected chi connectivity index (χ1v) is 7.57. The van der Waals surface area contributed by atoms with Crippen LogP contribution in [0.15, 0.2) is 47.3 Å². The van der Waals surface area contributed by atoms with Gasteiger partial charge in [-0.05, 0) is 17.7 Å². The van der Waals surface area contributed by atoms with E-state index in [0.717, 1.165) is 5.56 Å². The summed E-state index contributed by atoms with van der Waals surface area (Å²) in [5, 5.41) is 9.63. The maximum Gasteiger partial charge on any atom is 0.329 e. The number of aliphatic carboxylic acids is 1. The Morgan fingerprint density at radius 2 is 1.57 bits per heavy atom. The zero-order valence-electron chi connectivity index (χ0n) is 11.9. The summed E-state index contributed by atoms with van der Waals surface area (Å²) in [6.07, 6.45) is 0. The molecule has 1 heterocycles. The van der Waals surface area contributed by atoms with Crippen LogP contribution in [0.3, 0.4) is 0 Å². The van der Waals surface area contributed by atoms with Gasteiger partial charge in [0.2, 0.25) is 0 Å². The molecule has 0 bridgehead atoms. The van der Waals surface area contributed by atoms with Crippen LogP contribution >= 0.6 is 23.2 Å². The van der Waals surface area contributed by atoms with Crippen LogP contribution in [-0.4, -0.2) is 20.2 Å². The molecule has 3 aromatic rings. The summed E-state index contributed by atoms with van der Waals surface area (Å²) in [6, 6.07) is 12.5. The van der Waals surface area contributed by atoms with Crippen LogP contribution in [-0.2, 0) is 17.9 Å². The zero-order chi connectivity index (χ0) is 16.6. The van der Waals surface area contributed by atoms with E-state index in [1.54, 1.807) is 6.07 Å². The Morgan fingerprint density at radius 1 is 1.00 bits per heavy atom. The molecule has 0 unspecified atom stereocenters. The number of halogens is 2. The standard InChI is InChI=1S/C16H12Cl2N2O3/c17-11-6-13-14(7-12(11)18)20(9-15(21)22)16(23)19(13)8-10-4-2-1-3-5-10/h1-7H,8-9H2,(H,21,22). The molecule has 0 radical (unpaired) electrons. The topological polar surface area (TPSA) is 64.2 Å². The number of aromatic nitrogens is 2. The minimum atomic E-state index is -1.10. The predicted octanol–water partition coefficient (Wildman–Crippen LogP) is 3.24. The summed E-state index contributed by atoms with van der Waals surface area (Å²) < 4.78 is 2.68. The number of carboxylic acid groups (broad SMARTS) is 1. The molecule has 0 amide bonds. The van der Waals surface area contributed by atoms with Gasteiger partial charge in [0.15, 0.2) is 0 Å².